The number of nitriles is 1. The van der Waals surface area contributed by atoms with Crippen LogP contribution in [-0.4, -0.2) is 15.0 Å². The summed E-state index contributed by atoms with van der Waals surface area (Å²) in [6.45, 7) is 1.79. The van der Waals surface area contributed by atoms with Gasteiger partial charge in [-0.3, -0.25) is 0 Å². The van der Waals surface area contributed by atoms with Crippen molar-refractivity contribution in [2.75, 3.05) is 0 Å². The van der Waals surface area contributed by atoms with Gasteiger partial charge in [-0.1, -0.05) is 6.07 Å². The molecule has 0 radical (unpaired) electrons. The van der Waals surface area contributed by atoms with E-state index in [1.54, 1.807) is 25.4 Å². The Labute approximate surface area is 109 Å². The predicted molar refractivity (Wildman–Crippen MR) is 68.2 cm³/mol. The van der Waals surface area contributed by atoms with Crippen molar-refractivity contribution in [1.82, 2.24) is 15.0 Å². The molecule has 3 rings (SSSR count). The second-order valence-corrected chi connectivity index (χ2v) is 4.13. The van der Waals surface area contributed by atoms with E-state index in [-0.39, 0.29) is 0 Å². The summed E-state index contributed by atoms with van der Waals surface area (Å²) in [5.41, 5.74) is 2.27. The number of nitrogens with zero attached hydrogens (tertiary/aromatic N) is 4. The molecule has 0 saturated carbocycles. The van der Waals surface area contributed by atoms with Crippen molar-refractivity contribution < 1.29 is 4.42 Å². The van der Waals surface area contributed by atoms with Gasteiger partial charge in [0, 0.05) is 19.3 Å². The summed E-state index contributed by atoms with van der Waals surface area (Å²) < 4.78 is 5.42. The fraction of sp³-hybridized carbons (Fsp3) is 0.143. The molecule has 0 aliphatic heterocycles. The van der Waals surface area contributed by atoms with Crippen LogP contribution in [-0.2, 0) is 0 Å². The summed E-state index contributed by atoms with van der Waals surface area (Å²) in [4.78, 5) is 12.5. The summed E-state index contributed by atoms with van der Waals surface area (Å²) in [7, 11) is 0. The van der Waals surface area contributed by atoms with Crippen LogP contribution in [0, 0.1) is 18.3 Å². The molecule has 5 heteroatoms. The Kier molecular flexibility index (Phi) is 2.69. The first-order chi connectivity index (χ1) is 9.28. The SMILES string of the molecule is Cc1nc2cc(C(C#N)c3ncccn3)ccc2o1. The molecule has 0 saturated heterocycles. The second-order valence-electron chi connectivity index (χ2n) is 4.13. The zero-order chi connectivity index (χ0) is 13.2. The predicted octanol–water partition coefficient (Wildman–Crippen LogP) is 2.58. The molecule has 19 heavy (non-hydrogen) atoms. The molecule has 0 fully saturated rings. The number of fused-ring (bicyclic) bond motifs is 1. The van der Waals surface area contributed by atoms with Crippen LogP contribution in [0.15, 0.2) is 41.1 Å². The van der Waals surface area contributed by atoms with Gasteiger partial charge in [-0.05, 0) is 23.8 Å². The maximum atomic E-state index is 9.34. The molecule has 92 valence electrons. The molecule has 3 aromatic rings. The van der Waals surface area contributed by atoms with Crippen LogP contribution in [0.1, 0.15) is 23.2 Å². The Hall–Kier alpha value is -2.74. The third kappa shape index (κ3) is 2.04. The van der Waals surface area contributed by atoms with Crippen molar-refractivity contribution in [2.24, 2.45) is 0 Å². The van der Waals surface area contributed by atoms with Crippen molar-refractivity contribution in [3.63, 3.8) is 0 Å². The van der Waals surface area contributed by atoms with E-state index in [9.17, 15) is 5.26 Å². The number of oxazole rings is 1. The summed E-state index contributed by atoms with van der Waals surface area (Å²) in [5, 5.41) is 9.34. The summed E-state index contributed by atoms with van der Waals surface area (Å²) in [6.07, 6.45) is 3.26. The lowest BCUT2D eigenvalue weighted by atomic mass is 9.99. The van der Waals surface area contributed by atoms with Gasteiger partial charge in [-0.15, -0.1) is 0 Å². The molecule has 0 N–H and O–H groups in total. The van der Waals surface area contributed by atoms with Crippen LogP contribution < -0.4 is 0 Å². The van der Waals surface area contributed by atoms with Crippen LogP contribution in [0.2, 0.25) is 0 Å². The molecule has 0 bridgehead atoms. The minimum atomic E-state index is -0.498. The zero-order valence-corrected chi connectivity index (χ0v) is 10.2. The van der Waals surface area contributed by atoms with Gasteiger partial charge in [0.15, 0.2) is 11.5 Å². The Morgan fingerprint density at radius 3 is 2.79 bits per heavy atom. The van der Waals surface area contributed by atoms with E-state index in [0.717, 1.165) is 11.1 Å². The highest BCUT2D eigenvalue weighted by Crippen LogP contribution is 2.25. The van der Waals surface area contributed by atoms with Gasteiger partial charge >= 0.3 is 0 Å². The third-order valence-corrected chi connectivity index (χ3v) is 2.82. The van der Waals surface area contributed by atoms with Crippen LogP contribution in [0.25, 0.3) is 11.1 Å². The molecule has 1 aromatic carbocycles. The number of benzene rings is 1. The van der Waals surface area contributed by atoms with Crippen molar-refractivity contribution >= 4 is 11.1 Å². The number of hydrogen-bond donors (Lipinski definition) is 0. The van der Waals surface area contributed by atoms with E-state index in [0.29, 0.717) is 17.3 Å². The maximum absolute atomic E-state index is 9.34. The first-order valence-electron chi connectivity index (χ1n) is 5.81. The standard InChI is InChI=1S/C14H10N4O/c1-9-18-12-7-10(3-4-13(12)19-9)11(8-15)14-16-5-2-6-17-14/h2-7,11H,1H3. The summed E-state index contributed by atoms with van der Waals surface area (Å²) in [6, 6.07) is 9.45. The highest BCUT2D eigenvalue weighted by Gasteiger charge is 2.17. The zero-order valence-electron chi connectivity index (χ0n) is 10.2. The molecule has 2 aromatic heterocycles. The highest BCUT2D eigenvalue weighted by molar-refractivity contribution is 5.74. The number of aromatic nitrogens is 3. The number of aryl methyl sites for hydroxylation is 1. The average Bonchev–Trinajstić information content (AvgIpc) is 2.80. The molecule has 1 unspecified atom stereocenters. The Balaban J connectivity index is 2.09. The quantitative estimate of drug-likeness (QED) is 0.698. The maximum Gasteiger partial charge on any atom is 0.192 e. The largest absolute Gasteiger partial charge is 0.441 e. The van der Waals surface area contributed by atoms with Gasteiger partial charge in [-0.25, -0.2) is 15.0 Å². The number of rotatable bonds is 2. The molecule has 1 atom stereocenters. The van der Waals surface area contributed by atoms with Gasteiger partial charge in [-0.2, -0.15) is 5.26 Å². The van der Waals surface area contributed by atoms with Gasteiger partial charge < -0.3 is 4.42 Å². The van der Waals surface area contributed by atoms with E-state index >= 15 is 0 Å². The Morgan fingerprint density at radius 1 is 1.26 bits per heavy atom. The molecular formula is C14H10N4O. The fourth-order valence-corrected chi connectivity index (χ4v) is 1.98. The lowest BCUT2D eigenvalue weighted by Crippen LogP contribution is -2.03. The van der Waals surface area contributed by atoms with E-state index in [1.165, 1.54) is 0 Å². The molecule has 0 aliphatic carbocycles. The van der Waals surface area contributed by atoms with Gasteiger partial charge in [0.05, 0.1) is 6.07 Å². The van der Waals surface area contributed by atoms with Crippen LogP contribution in [0.5, 0.6) is 0 Å². The topological polar surface area (TPSA) is 75.6 Å². The van der Waals surface area contributed by atoms with Gasteiger partial charge in [0.2, 0.25) is 0 Å². The monoisotopic (exact) mass is 250 g/mol. The summed E-state index contributed by atoms with van der Waals surface area (Å²) >= 11 is 0. The van der Waals surface area contributed by atoms with Crippen LogP contribution in [0.4, 0.5) is 0 Å². The molecular weight excluding hydrogens is 240 g/mol. The van der Waals surface area contributed by atoms with E-state index in [1.807, 2.05) is 18.2 Å². The minimum Gasteiger partial charge on any atom is -0.441 e. The second kappa shape index (κ2) is 4.50. The molecule has 5 nitrogen and oxygen atoms in total. The van der Waals surface area contributed by atoms with Crippen molar-refractivity contribution in [2.45, 2.75) is 12.8 Å². The first-order valence-corrected chi connectivity index (χ1v) is 5.81. The first kappa shape index (κ1) is 11.4. The highest BCUT2D eigenvalue weighted by atomic mass is 16.3. The Morgan fingerprint density at radius 2 is 2.05 bits per heavy atom. The van der Waals surface area contributed by atoms with E-state index in [2.05, 4.69) is 21.0 Å². The molecule has 2 heterocycles. The molecule has 0 spiro atoms. The van der Waals surface area contributed by atoms with Crippen molar-refractivity contribution in [3.05, 3.63) is 53.9 Å². The normalized spacial score (nSPS) is 12.2. The Bertz CT molecular complexity index is 758. The fourth-order valence-electron chi connectivity index (χ4n) is 1.98. The molecule has 0 aliphatic rings. The number of hydrogen-bond acceptors (Lipinski definition) is 5. The lowest BCUT2D eigenvalue weighted by Gasteiger charge is -2.06. The van der Waals surface area contributed by atoms with Crippen molar-refractivity contribution in [3.8, 4) is 6.07 Å². The smallest absolute Gasteiger partial charge is 0.192 e. The van der Waals surface area contributed by atoms with Crippen LogP contribution >= 0.6 is 0 Å². The van der Waals surface area contributed by atoms with Gasteiger partial charge in [0.1, 0.15) is 17.3 Å². The summed E-state index contributed by atoms with van der Waals surface area (Å²) in [5.74, 6) is 0.601. The minimum absolute atomic E-state index is 0.490. The molecule has 0 amide bonds. The third-order valence-electron chi connectivity index (χ3n) is 2.82. The van der Waals surface area contributed by atoms with Crippen molar-refractivity contribution in [1.29, 1.82) is 5.26 Å². The van der Waals surface area contributed by atoms with E-state index in [4.69, 9.17) is 4.42 Å². The average molecular weight is 250 g/mol. The van der Waals surface area contributed by atoms with E-state index < -0.39 is 5.92 Å². The van der Waals surface area contributed by atoms with Crippen LogP contribution in [0.3, 0.4) is 0 Å². The van der Waals surface area contributed by atoms with Gasteiger partial charge in [0.25, 0.3) is 0 Å². The lowest BCUT2D eigenvalue weighted by molar-refractivity contribution is 0.561.